The minimum absolute atomic E-state index is 0. The molecule has 0 amide bonds. The van der Waals surface area contributed by atoms with Crippen molar-refractivity contribution in [2.75, 3.05) is 0 Å². The molecule has 0 aliphatic heterocycles. The maximum Gasteiger partial charge on any atom is 4.00 e. The molecule has 66 heavy (non-hydrogen) atoms. The van der Waals surface area contributed by atoms with Gasteiger partial charge in [0.2, 0.25) is 0 Å². The standard InChI is InChI=1S/2C13H11.4C9H7.BrH.ClH.2Zr/c2*1-3-7-12(8-4-1)11-13-9-5-2-6-10-13;4*1-2-5-9-7-3-6-8(9)4-1;;;;/h2*1-11H;4*1-7H;2*1H;;/q6*-1;;;2*+4/p-2. The van der Waals surface area contributed by atoms with E-state index >= 15 is 0 Å². The molecule has 4 heteroatoms. The van der Waals surface area contributed by atoms with E-state index in [4.69, 9.17) is 0 Å². The Bertz CT molecular complexity index is 2480. The molecule has 0 unspecified atom stereocenters. The number of hydrogen-bond acceptors (Lipinski definition) is 0. The van der Waals surface area contributed by atoms with Gasteiger partial charge in [-0.05, 0) is 0 Å². The van der Waals surface area contributed by atoms with Gasteiger partial charge in [0.05, 0.1) is 0 Å². The van der Waals surface area contributed by atoms with E-state index in [1.165, 1.54) is 65.3 Å². The fourth-order valence-electron chi connectivity index (χ4n) is 6.86. The molecule has 0 saturated heterocycles. The first kappa shape index (κ1) is 54.8. The smallest absolute Gasteiger partial charge is 1.00 e. The summed E-state index contributed by atoms with van der Waals surface area (Å²) >= 11 is 0. The molecule has 0 saturated carbocycles. The Morgan fingerprint density at radius 3 is 0.606 bits per heavy atom. The number of benzene rings is 8. The molecule has 320 valence electrons. The Kier molecular flexibility index (Phi) is 26.1. The predicted molar refractivity (Wildman–Crippen MR) is 269 cm³/mol. The van der Waals surface area contributed by atoms with E-state index in [0.29, 0.717) is 0 Å². The summed E-state index contributed by atoms with van der Waals surface area (Å²) in [5, 5.41) is 10.6. The van der Waals surface area contributed by atoms with Crippen LogP contribution in [-0.2, 0) is 52.4 Å². The zero-order valence-corrected chi connectivity index (χ0v) is 43.9. The molecule has 12 rings (SSSR count). The van der Waals surface area contributed by atoms with E-state index in [-0.39, 0.29) is 81.8 Å². The van der Waals surface area contributed by atoms with Crippen molar-refractivity contribution < 1.29 is 81.8 Å². The quantitative estimate of drug-likeness (QED) is 0.154. The van der Waals surface area contributed by atoms with E-state index in [1.807, 2.05) is 24.3 Å². The van der Waals surface area contributed by atoms with Gasteiger partial charge in [0.15, 0.2) is 0 Å². The molecule has 0 aliphatic rings. The largest absolute Gasteiger partial charge is 4.00 e. The van der Waals surface area contributed by atoms with Gasteiger partial charge in [0.1, 0.15) is 0 Å². The molecule has 12 aromatic rings. The molecule has 0 bridgehead atoms. The van der Waals surface area contributed by atoms with Crippen LogP contribution in [0.25, 0.3) is 43.1 Å². The summed E-state index contributed by atoms with van der Waals surface area (Å²) in [7, 11) is 0. The average Bonchev–Trinajstić information content (AvgIpc) is 4.20. The van der Waals surface area contributed by atoms with E-state index in [1.54, 1.807) is 0 Å². The topological polar surface area (TPSA) is 0 Å². The first-order chi connectivity index (χ1) is 30.8. The van der Waals surface area contributed by atoms with Gasteiger partial charge >= 0.3 is 52.4 Å². The molecule has 12 aromatic carbocycles. The summed E-state index contributed by atoms with van der Waals surface area (Å²) in [6.45, 7) is 0. The minimum atomic E-state index is 0. The first-order valence-corrected chi connectivity index (χ1v) is 21.1. The second-order valence-corrected chi connectivity index (χ2v) is 14.6. The Morgan fingerprint density at radius 2 is 0.409 bits per heavy atom. The van der Waals surface area contributed by atoms with Crippen molar-refractivity contribution in [1.82, 2.24) is 0 Å². The molecule has 0 heterocycles. The second-order valence-electron chi connectivity index (χ2n) is 14.6. The average molecular weight is 1090 g/mol. The molecule has 0 N–H and O–H groups in total. The summed E-state index contributed by atoms with van der Waals surface area (Å²) < 4.78 is 0. The third-order valence-corrected chi connectivity index (χ3v) is 10.1. The van der Waals surface area contributed by atoms with Gasteiger partial charge in [-0.15, -0.1) is 202 Å². The predicted octanol–water partition coefficient (Wildman–Crippen LogP) is 10.8. The third kappa shape index (κ3) is 18.4. The normalized spacial score (nSPS) is 9.33. The van der Waals surface area contributed by atoms with Gasteiger partial charge in [-0.2, -0.15) is 70.1 Å². The molecule has 0 fully saturated rings. The molecule has 0 aromatic heterocycles. The van der Waals surface area contributed by atoms with Crippen molar-refractivity contribution in [3.05, 3.63) is 326 Å². The van der Waals surface area contributed by atoms with Gasteiger partial charge in [-0.25, -0.2) is 0 Å². The van der Waals surface area contributed by atoms with E-state index in [2.05, 4.69) is 280 Å². The van der Waals surface area contributed by atoms with Crippen LogP contribution in [0.3, 0.4) is 0 Å². The van der Waals surface area contributed by atoms with E-state index in [9.17, 15) is 0 Å². The van der Waals surface area contributed by atoms with Gasteiger partial charge in [0, 0.05) is 0 Å². The number of rotatable bonds is 4. The number of halogens is 2. The zero-order valence-electron chi connectivity index (χ0n) is 36.6. The maximum atomic E-state index is 2.17. The monoisotopic (exact) mass is 1090 g/mol. The van der Waals surface area contributed by atoms with Gasteiger partial charge in [0.25, 0.3) is 0 Å². The van der Waals surface area contributed by atoms with Crippen LogP contribution in [0, 0.1) is 12.8 Å². The Labute approximate surface area is 446 Å². The fraction of sp³-hybridized carbons (Fsp3) is 0. The number of fused-ring (bicyclic) bond motifs is 4. The summed E-state index contributed by atoms with van der Waals surface area (Å²) in [5.74, 6) is 0. The molecule has 0 spiro atoms. The molecule has 0 atom stereocenters. The van der Waals surface area contributed by atoms with Crippen molar-refractivity contribution in [2.24, 2.45) is 0 Å². The van der Waals surface area contributed by atoms with Crippen LogP contribution >= 0.6 is 0 Å². The van der Waals surface area contributed by atoms with Gasteiger partial charge in [-0.1, -0.05) is 97.1 Å². The van der Waals surface area contributed by atoms with Crippen LogP contribution in [0.2, 0.25) is 0 Å². The van der Waals surface area contributed by atoms with Crippen molar-refractivity contribution >= 4 is 43.1 Å². The van der Waals surface area contributed by atoms with Crippen molar-refractivity contribution in [1.29, 1.82) is 0 Å². The Morgan fingerprint density at radius 1 is 0.227 bits per heavy atom. The summed E-state index contributed by atoms with van der Waals surface area (Å²) in [6, 6.07) is 100. The van der Waals surface area contributed by atoms with Crippen molar-refractivity contribution in [2.45, 2.75) is 0 Å². The van der Waals surface area contributed by atoms with Crippen molar-refractivity contribution in [3.63, 3.8) is 0 Å². The van der Waals surface area contributed by atoms with E-state index in [0.717, 1.165) is 0 Å². The van der Waals surface area contributed by atoms with Crippen LogP contribution in [-0.4, -0.2) is 0 Å². The SMILES string of the molecule is [Br-].[Cl-].[Zr+4].[Zr+4].c1ccc([CH-]c2ccccc2)cc1.c1ccc([CH-]c2ccccc2)cc1.c1ccc2[cH-]ccc2c1.c1ccc2[cH-]ccc2c1.c1ccc2[cH-]ccc2c1.c1ccc2[cH-]ccc2c1. The van der Waals surface area contributed by atoms with E-state index < -0.39 is 0 Å². The molecule has 0 radical (unpaired) electrons. The second kappa shape index (κ2) is 31.4. The summed E-state index contributed by atoms with van der Waals surface area (Å²) in [5.41, 5.74) is 4.98. The zero-order chi connectivity index (χ0) is 42.3. The van der Waals surface area contributed by atoms with Gasteiger partial charge in [-0.3, -0.25) is 0 Å². The fourth-order valence-corrected chi connectivity index (χ4v) is 6.86. The van der Waals surface area contributed by atoms with Crippen LogP contribution < -0.4 is 29.4 Å². The van der Waals surface area contributed by atoms with Gasteiger partial charge < -0.3 is 29.4 Å². The molecule has 0 aliphatic carbocycles. The first-order valence-electron chi connectivity index (χ1n) is 21.1. The van der Waals surface area contributed by atoms with Crippen LogP contribution in [0.5, 0.6) is 0 Å². The summed E-state index contributed by atoms with van der Waals surface area (Å²) in [6.07, 6.45) is 4.33. The molecular formula is C62H50BrClZr2. The number of hydrogen-bond donors (Lipinski definition) is 0. The Balaban J connectivity index is 0.000000209. The maximum absolute atomic E-state index is 2.17. The van der Waals surface area contributed by atoms with Crippen LogP contribution in [0.15, 0.2) is 291 Å². The minimum Gasteiger partial charge on any atom is -1.00 e. The van der Waals surface area contributed by atoms with Crippen LogP contribution in [0.4, 0.5) is 0 Å². The summed E-state index contributed by atoms with van der Waals surface area (Å²) in [4.78, 5) is 0. The van der Waals surface area contributed by atoms with Crippen molar-refractivity contribution in [3.8, 4) is 0 Å². The molecular weight excluding hydrogens is 1040 g/mol. The molecule has 0 nitrogen and oxygen atoms in total. The Hall–Kier alpha value is -5.52. The third-order valence-electron chi connectivity index (χ3n) is 10.1. The van der Waals surface area contributed by atoms with Crippen LogP contribution in [0.1, 0.15) is 22.3 Å².